The van der Waals surface area contributed by atoms with Crippen molar-refractivity contribution in [1.82, 2.24) is 0 Å². The number of hydrogen-bond donors (Lipinski definition) is 1. The number of para-hydroxylation sites is 1. The van der Waals surface area contributed by atoms with E-state index in [2.05, 4.69) is 0 Å². The Hall–Kier alpha value is -1.55. The molecule has 0 amide bonds. The summed E-state index contributed by atoms with van der Waals surface area (Å²) in [7, 11) is 1.55. The van der Waals surface area contributed by atoms with Gasteiger partial charge in [-0.3, -0.25) is 4.79 Å². The van der Waals surface area contributed by atoms with E-state index in [9.17, 15) is 9.90 Å². The number of benzene rings is 1. The molecular weight excluding hydrogens is 220 g/mol. The maximum absolute atomic E-state index is 11.2. The smallest absolute Gasteiger partial charge is 0.305 e. The average Bonchev–Trinajstić information content (AvgIpc) is 2.36. The van der Waals surface area contributed by atoms with Crippen LogP contribution in [-0.4, -0.2) is 24.8 Å². The maximum Gasteiger partial charge on any atom is 0.305 e. The van der Waals surface area contributed by atoms with Crippen molar-refractivity contribution in [2.75, 3.05) is 13.7 Å². The molecule has 0 spiro atoms. The molecule has 1 N–H and O–H groups in total. The third-order valence-corrected chi connectivity index (χ3v) is 2.43. The minimum absolute atomic E-state index is 0.201. The number of carbonyl (C=O) groups is 1. The zero-order chi connectivity index (χ0) is 12.7. The summed E-state index contributed by atoms with van der Waals surface area (Å²) in [6.07, 6.45) is -0.178. The fourth-order valence-corrected chi connectivity index (χ4v) is 1.58. The lowest BCUT2D eigenvalue weighted by Gasteiger charge is -2.14. The quantitative estimate of drug-likeness (QED) is 0.771. The largest absolute Gasteiger partial charge is 0.496 e. The van der Waals surface area contributed by atoms with Gasteiger partial charge in [-0.05, 0) is 19.4 Å². The number of hydrogen-bond acceptors (Lipinski definition) is 4. The van der Waals surface area contributed by atoms with Crippen molar-refractivity contribution in [3.8, 4) is 5.75 Å². The second-order valence-electron chi connectivity index (χ2n) is 3.60. The van der Waals surface area contributed by atoms with Crippen molar-refractivity contribution in [1.29, 1.82) is 0 Å². The number of ether oxygens (including phenoxy) is 2. The van der Waals surface area contributed by atoms with E-state index in [0.717, 1.165) is 0 Å². The maximum atomic E-state index is 11.2. The Morgan fingerprint density at radius 2 is 2.12 bits per heavy atom. The lowest BCUT2D eigenvalue weighted by molar-refractivity contribution is -0.143. The predicted octanol–water partition coefficient (Wildman–Crippen LogP) is 2.07. The summed E-state index contributed by atoms with van der Waals surface area (Å²) < 4.78 is 9.95. The number of aliphatic hydroxyl groups excluding tert-OH is 1. The van der Waals surface area contributed by atoms with Crippen molar-refractivity contribution in [3.63, 3.8) is 0 Å². The summed E-state index contributed by atoms with van der Waals surface area (Å²) in [5.74, 6) is 0.338. The van der Waals surface area contributed by atoms with Crippen LogP contribution in [0.4, 0.5) is 0 Å². The molecule has 0 fully saturated rings. The molecule has 1 aromatic rings. The highest BCUT2D eigenvalue weighted by Gasteiger charge is 2.14. The Bertz CT molecular complexity index is 362. The van der Waals surface area contributed by atoms with Gasteiger partial charge in [-0.2, -0.15) is 0 Å². The monoisotopic (exact) mass is 238 g/mol. The second kappa shape index (κ2) is 6.91. The van der Waals surface area contributed by atoms with Gasteiger partial charge in [-0.1, -0.05) is 18.2 Å². The highest BCUT2D eigenvalue weighted by molar-refractivity contribution is 5.69. The highest BCUT2D eigenvalue weighted by atomic mass is 16.5. The van der Waals surface area contributed by atoms with E-state index in [1.807, 2.05) is 12.1 Å². The first kappa shape index (κ1) is 13.5. The molecule has 0 aliphatic rings. The molecule has 0 aliphatic heterocycles. The van der Waals surface area contributed by atoms with Crippen LogP contribution in [0.5, 0.6) is 5.75 Å². The Morgan fingerprint density at radius 3 is 2.76 bits per heavy atom. The van der Waals surface area contributed by atoms with Gasteiger partial charge in [0.05, 0.1) is 19.8 Å². The summed E-state index contributed by atoms with van der Waals surface area (Å²) >= 11 is 0. The Morgan fingerprint density at radius 1 is 1.41 bits per heavy atom. The first-order valence-corrected chi connectivity index (χ1v) is 5.65. The van der Waals surface area contributed by atoms with Gasteiger partial charge in [-0.15, -0.1) is 0 Å². The predicted molar refractivity (Wildman–Crippen MR) is 63.8 cm³/mol. The molecule has 94 valence electrons. The van der Waals surface area contributed by atoms with E-state index in [0.29, 0.717) is 24.3 Å². The van der Waals surface area contributed by atoms with E-state index in [4.69, 9.17) is 9.47 Å². The average molecular weight is 238 g/mol. The number of esters is 1. The van der Waals surface area contributed by atoms with Crippen molar-refractivity contribution in [2.45, 2.75) is 25.9 Å². The minimum atomic E-state index is -0.712. The molecule has 0 bridgehead atoms. The lowest BCUT2D eigenvalue weighted by atomic mass is 10.0. The van der Waals surface area contributed by atoms with E-state index >= 15 is 0 Å². The van der Waals surface area contributed by atoms with Crippen LogP contribution in [0.1, 0.15) is 31.4 Å². The summed E-state index contributed by atoms with van der Waals surface area (Å²) in [5, 5.41) is 9.96. The van der Waals surface area contributed by atoms with Gasteiger partial charge in [0.15, 0.2) is 0 Å². The first-order valence-electron chi connectivity index (χ1n) is 5.65. The van der Waals surface area contributed by atoms with Crippen molar-refractivity contribution >= 4 is 5.97 Å². The number of methoxy groups -OCH3 is 1. The van der Waals surface area contributed by atoms with E-state index in [-0.39, 0.29) is 12.4 Å². The molecule has 4 heteroatoms. The SMILES string of the molecule is CCOC(=O)CCC(O)c1ccccc1OC. The minimum Gasteiger partial charge on any atom is -0.496 e. The second-order valence-corrected chi connectivity index (χ2v) is 3.60. The molecule has 0 aromatic heterocycles. The van der Waals surface area contributed by atoms with Crippen molar-refractivity contribution < 1.29 is 19.4 Å². The molecule has 1 rings (SSSR count). The van der Waals surface area contributed by atoms with Gasteiger partial charge in [-0.25, -0.2) is 0 Å². The number of carbonyl (C=O) groups excluding carboxylic acids is 1. The topological polar surface area (TPSA) is 55.8 Å². The molecule has 0 saturated heterocycles. The zero-order valence-corrected chi connectivity index (χ0v) is 10.2. The summed E-state index contributed by atoms with van der Waals surface area (Å²) in [4.78, 5) is 11.2. The van der Waals surface area contributed by atoms with Gasteiger partial charge in [0, 0.05) is 12.0 Å². The van der Waals surface area contributed by atoms with Crippen LogP contribution in [0.3, 0.4) is 0 Å². The standard InChI is InChI=1S/C13H18O4/c1-3-17-13(15)9-8-11(14)10-6-4-5-7-12(10)16-2/h4-7,11,14H,3,8-9H2,1-2H3. The zero-order valence-electron chi connectivity index (χ0n) is 10.2. The molecule has 0 radical (unpaired) electrons. The third-order valence-electron chi connectivity index (χ3n) is 2.43. The lowest BCUT2D eigenvalue weighted by Crippen LogP contribution is -2.07. The normalized spacial score (nSPS) is 11.9. The van der Waals surface area contributed by atoms with Crippen molar-refractivity contribution in [2.24, 2.45) is 0 Å². The van der Waals surface area contributed by atoms with Gasteiger partial charge < -0.3 is 14.6 Å². The first-order chi connectivity index (χ1) is 8.19. The molecule has 17 heavy (non-hydrogen) atoms. The molecule has 1 atom stereocenters. The molecule has 4 nitrogen and oxygen atoms in total. The Kier molecular flexibility index (Phi) is 5.49. The van der Waals surface area contributed by atoms with Crippen LogP contribution in [0, 0.1) is 0 Å². The Balaban J connectivity index is 2.57. The molecular formula is C13H18O4. The van der Waals surface area contributed by atoms with Gasteiger partial charge >= 0.3 is 5.97 Å². The van der Waals surface area contributed by atoms with E-state index in [1.165, 1.54) is 0 Å². The summed E-state index contributed by atoms with van der Waals surface area (Å²) in [6, 6.07) is 7.23. The van der Waals surface area contributed by atoms with Crippen LogP contribution >= 0.6 is 0 Å². The molecule has 1 aromatic carbocycles. The van der Waals surface area contributed by atoms with Crippen LogP contribution in [0.25, 0.3) is 0 Å². The molecule has 0 heterocycles. The van der Waals surface area contributed by atoms with Crippen LogP contribution < -0.4 is 4.74 Å². The molecule has 0 aliphatic carbocycles. The van der Waals surface area contributed by atoms with Gasteiger partial charge in [0.2, 0.25) is 0 Å². The van der Waals surface area contributed by atoms with Gasteiger partial charge in [0.25, 0.3) is 0 Å². The fraction of sp³-hybridized carbons (Fsp3) is 0.462. The highest BCUT2D eigenvalue weighted by Crippen LogP contribution is 2.27. The molecule has 0 saturated carbocycles. The van der Waals surface area contributed by atoms with Crippen molar-refractivity contribution in [3.05, 3.63) is 29.8 Å². The van der Waals surface area contributed by atoms with Crippen LogP contribution in [0.15, 0.2) is 24.3 Å². The van der Waals surface area contributed by atoms with Crippen LogP contribution in [-0.2, 0) is 9.53 Å². The third kappa shape index (κ3) is 4.07. The fourth-order valence-electron chi connectivity index (χ4n) is 1.58. The van der Waals surface area contributed by atoms with Crippen LogP contribution in [0.2, 0.25) is 0 Å². The van der Waals surface area contributed by atoms with E-state index < -0.39 is 6.10 Å². The van der Waals surface area contributed by atoms with Gasteiger partial charge in [0.1, 0.15) is 5.75 Å². The summed E-state index contributed by atoms with van der Waals surface area (Å²) in [6.45, 7) is 2.12. The number of rotatable bonds is 6. The van der Waals surface area contributed by atoms with E-state index in [1.54, 1.807) is 26.2 Å². The molecule has 1 unspecified atom stereocenters. The Labute approximate surface area is 101 Å². The summed E-state index contributed by atoms with van der Waals surface area (Å²) in [5.41, 5.74) is 0.694. The number of aliphatic hydroxyl groups is 1.